The second-order valence-electron chi connectivity index (χ2n) is 6.24. The Kier molecular flexibility index (Phi) is 6.47. The van der Waals surface area contributed by atoms with E-state index in [0.717, 1.165) is 24.8 Å². The summed E-state index contributed by atoms with van der Waals surface area (Å²) in [5.41, 5.74) is 0.392. The van der Waals surface area contributed by atoms with Crippen LogP contribution in [0.5, 0.6) is 0 Å². The first-order valence-corrected chi connectivity index (χ1v) is 7.52. The zero-order chi connectivity index (χ0) is 15.2. The van der Waals surface area contributed by atoms with Gasteiger partial charge >= 0.3 is 5.97 Å². The molecule has 1 rings (SSSR count). The van der Waals surface area contributed by atoms with Crippen LogP contribution in [0.4, 0.5) is 0 Å². The van der Waals surface area contributed by atoms with Gasteiger partial charge in [-0.2, -0.15) is 0 Å². The molecule has 1 N–H and O–H groups in total. The van der Waals surface area contributed by atoms with Crippen molar-refractivity contribution in [3.8, 4) is 0 Å². The smallest absolute Gasteiger partial charge is 0.314 e. The summed E-state index contributed by atoms with van der Waals surface area (Å²) in [7, 11) is 1.67. The van der Waals surface area contributed by atoms with E-state index in [4.69, 9.17) is 4.74 Å². The number of allylic oxidation sites excluding steroid dienone is 3. The Balaban J connectivity index is 2.91. The lowest BCUT2D eigenvalue weighted by Crippen LogP contribution is -2.39. The van der Waals surface area contributed by atoms with E-state index < -0.39 is 11.4 Å². The normalized spacial score (nSPS) is 25.9. The Morgan fingerprint density at radius 3 is 2.75 bits per heavy atom. The summed E-state index contributed by atoms with van der Waals surface area (Å²) in [6.07, 6.45) is 9.32. The van der Waals surface area contributed by atoms with Gasteiger partial charge < -0.3 is 9.84 Å². The molecule has 20 heavy (non-hydrogen) atoms. The predicted molar refractivity (Wildman–Crippen MR) is 81.6 cm³/mol. The quantitative estimate of drug-likeness (QED) is 0.729. The Morgan fingerprint density at radius 2 is 2.20 bits per heavy atom. The summed E-state index contributed by atoms with van der Waals surface area (Å²) < 4.78 is 5.16. The van der Waals surface area contributed by atoms with Crippen molar-refractivity contribution in [3.05, 3.63) is 23.8 Å². The molecule has 0 aromatic rings. The number of hydrogen-bond acceptors (Lipinski definition) is 2. The molecule has 0 spiro atoms. The van der Waals surface area contributed by atoms with Gasteiger partial charge in [-0.05, 0) is 25.7 Å². The van der Waals surface area contributed by atoms with Crippen LogP contribution in [0.25, 0.3) is 0 Å². The van der Waals surface area contributed by atoms with Gasteiger partial charge in [0.25, 0.3) is 0 Å². The van der Waals surface area contributed by atoms with Gasteiger partial charge in [-0.3, -0.25) is 4.79 Å². The molecular formula is C17H28O3. The molecule has 2 atom stereocenters. The molecule has 0 fully saturated rings. The molecule has 3 heteroatoms. The van der Waals surface area contributed by atoms with Crippen LogP contribution in [0.15, 0.2) is 23.8 Å². The van der Waals surface area contributed by atoms with Crippen molar-refractivity contribution in [1.82, 2.24) is 0 Å². The van der Waals surface area contributed by atoms with E-state index in [1.54, 1.807) is 7.11 Å². The summed E-state index contributed by atoms with van der Waals surface area (Å²) >= 11 is 0. The van der Waals surface area contributed by atoms with Crippen molar-refractivity contribution in [2.75, 3.05) is 13.7 Å². The third-order valence-electron chi connectivity index (χ3n) is 4.30. The van der Waals surface area contributed by atoms with E-state index in [9.17, 15) is 9.90 Å². The molecule has 114 valence electrons. The summed E-state index contributed by atoms with van der Waals surface area (Å²) in [4.78, 5) is 12.0. The Morgan fingerprint density at radius 1 is 1.50 bits per heavy atom. The average molecular weight is 280 g/mol. The third kappa shape index (κ3) is 3.95. The molecule has 0 aromatic carbocycles. The maximum Gasteiger partial charge on any atom is 0.314 e. The molecule has 0 saturated heterocycles. The Hall–Kier alpha value is -1.09. The molecule has 3 nitrogen and oxygen atoms in total. The van der Waals surface area contributed by atoms with Crippen LogP contribution in [0.2, 0.25) is 0 Å². The summed E-state index contributed by atoms with van der Waals surface area (Å²) in [6.45, 7) is 6.99. The van der Waals surface area contributed by atoms with E-state index >= 15 is 0 Å². The maximum atomic E-state index is 12.0. The zero-order valence-electron chi connectivity index (χ0n) is 13.2. The number of carbonyl (C=O) groups is 1. The lowest BCUT2D eigenvalue weighted by Gasteiger charge is -2.38. The molecule has 1 aliphatic carbocycles. The largest absolute Gasteiger partial charge is 0.481 e. The molecule has 0 aliphatic heterocycles. The fourth-order valence-corrected chi connectivity index (χ4v) is 3.12. The number of aliphatic carboxylic acids is 1. The summed E-state index contributed by atoms with van der Waals surface area (Å²) in [5, 5.41) is 9.82. The first-order chi connectivity index (χ1) is 9.44. The molecule has 0 radical (unpaired) electrons. The van der Waals surface area contributed by atoms with E-state index in [1.165, 1.54) is 0 Å². The van der Waals surface area contributed by atoms with Crippen LogP contribution < -0.4 is 0 Å². The Bertz CT molecular complexity index is 382. The number of hydrogen-bond donors (Lipinski definition) is 1. The molecule has 0 bridgehead atoms. The van der Waals surface area contributed by atoms with Crippen LogP contribution in [-0.4, -0.2) is 24.8 Å². The molecule has 0 amide bonds. The van der Waals surface area contributed by atoms with Crippen molar-refractivity contribution < 1.29 is 14.6 Å². The van der Waals surface area contributed by atoms with Crippen molar-refractivity contribution in [2.45, 2.75) is 46.5 Å². The topological polar surface area (TPSA) is 46.5 Å². The number of rotatable bonds is 8. The molecular weight excluding hydrogens is 252 g/mol. The maximum absolute atomic E-state index is 12.0. The fraction of sp³-hybridized carbons (Fsp3) is 0.706. The second-order valence-corrected chi connectivity index (χ2v) is 6.24. The van der Waals surface area contributed by atoms with Crippen molar-refractivity contribution >= 4 is 5.97 Å². The van der Waals surface area contributed by atoms with E-state index in [-0.39, 0.29) is 5.92 Å². The minimum Gasteiger partial charge on any atom is -0.481 e. The molecule has 1 aliphatic rings. The van der Waals surface area contributed by atoms with Crippen LogP contribution in [0.1, 0.15) is 46.5 Å². The Labute approximate surface area is 122 Å². The highest BCUT2D eigenvalue weighted by atomic mass is 16.5. The summed E-state index contributed by atoms with van der Waals surface area (Å²) in [6, 6.07) is 0. The lowest BCUT2D eigenvalue weighted by atomic mass is 9.65. The number of ether oxygens (including phenoxy) is 1. The summed E-state index contributed by atoms with van der Waals surface area (Å²) in [5.74, 6) is -0.0503. The highest BCUT2D eigenvalue weighted by Gasteiger charge is 2.44. The zero-order valence-corrected chi connectivity index (χ0v) is 13.2. The first-order valence-electron chi connectivity index (χ1n) is 7.52. The van der Waals surface area contributed by atoms with Gasteiger partial charge in [0.15, 0.2) is 0 Å². The number of methoxy groups -OCH3 is 1. The minimum atomic E-state index is -0.758. The van der Waals surface area contributed by atoms with Gasteiger partial charge in [-0.1, -0.05) is 50.5 Å². The highest BCUT2D eigenvalue weighted by Crippen LogP contribution is 2.44. The van der Waals surface area contributed by atoms with Gasteiger partial charge in [0.2, 0.25) is 0 Å². The molecule has 0 aromatic heterocycles. The lowest BCUT2D eigenvalue weighted by molar-refractivity contribution is -0.149. The SMILES string of the molecule is COCCC1C(C)=CC=CC1(CCCC(C)C)C(=O)O. The van der Waals surface area contributed by atoms with Crippen molar-refractivity contribution in [2.24, 2.45) is 17.3 Å². The van der Waals surface area contributed by atoms with Crippen LogP contribution in [0, 0.1) is 17.3 Å². The number of carboxylic acid groups (broad SMARTS) is 1. The van der Waals surface area contributed by atoms with Crippen LogP contribution in [-0.2, 0) is 9.53 Å². The van der Waals surface area contributed by atoms with E-state index in [0.29, 0.717) is 18.9 Å². The van der Waals surface area contributed by atoms with Gasteiger partial charge in [0, 0.05) is 19.6 Å². The van der Waals surface area contributed by atoms with Gasteiger partial charge in [0.05, 0.1) is 5.41 Å². The molecule has 0 heterocycles. The first kappa shape index (κ1) is 17.0. The van der Waals surface area contributed by atoms with Crippen LogP contribution >= 0.6 is 0 Å². The second kappa shape index (κ2) is 7.63. The van der Waals surface area contributed by atoms with E-state index in [2.05, 4.69) is 13.8 Å². The van der Waals surface area contributed by atoms with Crippen LogP contribution in [0.3, 0.4) is 0 Å². The van der Waals surface area contributed by atoms with Crippen molar-refractivity contribution in [3.63, 3.8) is 0 Å². The monoisotopic (exact) mass is 280 g/mol. The van der Waals surface area contributed by atoms with E-state index in [1.807, 2.05) is 25.2 Å². The number of carboxylic acids is 1. The fourth-order valence-electron chi connectivity index (χ4n) is 3.12. The molecule has 2 unspecified atom stereocenters. The predicted octanol–water partition coefficient (Wildman–Crippen LogP) is 4.05. The average Bonchev–Trinajstić information content (AvgIpc) is 2.37. The minimum absolute atomic E-state index is 0.0390. The standard InChI is InChI=1S/C17H28O3/c1-13(2)7-5-10-17(16(18)19)11-6-8-14(3)15(17)9-12-20-4/h6,8,11,13,15H,5,7,9-10,12H2,1-4H3,(H,18,19). The molecule has 0 saturated carbocycles. The van der Waals surface area contributed by atoms with Gasteiger partial charge in [0.1, 0.15) is 0 Å². The third-order valence-corrected chi connectivity index (χ3v) is 4.30. The van der Waals surface area contributed by atoms with Gasteiger partial charge in [-0.25, -0.2) is 0 Å². The highest BCUT2D eigenvalue weighted by molar-refractivity contribution is 5.78. The van der Waals surface area contributed by atoms with Crippen molar-refractivity contribution in [1.29, 1.82) is 0 Å². The van der Waals surface area contributed by atoms with Gasteiger partial charge in [-0.15, -0.1) is 0 Å².